The molecule has 0 saturated heterocycles. The SMILES string of the molecule is C#C/C=C\C=C/C.CC.COc1ccc(F)cc1. The Labute approximate surface area is 110 Å². The number of terminal acetylenes is 1. The maximum absolute atomic E-state index is 12.2. The number of hydrogen-bond donors (Lipinski definition) is 0. The minimum Gasteiger partial charge on any atom is -0.497 e. The van der Waals surface area contributed by atoms with E-state index in [1.54, 1.807) is 25.3 Å². The van der Waals surface area contributed by atoms with Crippen molar-refractivity contribution in [2.45, 2.75) is 20.8 Å². The van der Waals surface area contributed by atoms with Crippen LogP contribution < -0.4 is 4.74 Å². The molecule has 18 heavy (non-hydrogen) atoms. The molecule has 98 valence electrons. The number of halogens is 1. The predicted octanol–water partition coefficient (Wildman–Crippen LogP) is 4.61. The quantitative estimate of drug-likeness (QED) is 0.548. The second-order valence-corrected chi connectivity index (χ2v) is 2.71. The maximum Gasteiger partial charge on any atom is 0.123 e. The lowest BCUT2D eigenvalue weighted by Crippen LogP contribution is -1.80. The molecule has 0 spiro atoms. The number of allylic oxidation sites excluding steroid dienone is 4. The summed E-state index contributed by atoms with van der Waals surface area (Å²) >= 11 is 0. The number of rotatable bonds is 2. The summed E-state index contributed by atoms with van der Waals surface area (Å²) in [7, 11) is 1.55. The lowest BCUT2D eigenvalue weighted by Gasteiger charge is -1.95. The fourth-order valence-corrected chi connectivity index (χ4v) is 0.793. The predicted molar refractivity (Wildman–Crippen MR) is 77.1 cm³/mol. The zero-order chi connectivity index (χ0) is 14.2. The Kier molecular flexibility index (Phi) is 15.3. The highest BCUT2D eigenvalue weighted by molar-refractivity contribution is 5.21. The molecule has 0 saturated carbocycles. The molecule has 0 radical (unpaired) electrons. The molecule has 1 aromatic carbocycles. The molecule has 0 aliphatic carbocycles. The van der Waals surface area contributed by atoms with Gasteiger partial charge in [0.1, 0.15) is 11.6 Å². The van der Waals surface area contributed by atoms with Crippen molar-refractivity contribution in [3.63, 3.8) is 0 Å². The summed E-state index contributed by atoms with van der Waals surface area (Å²) in [6, 6.07) is 5.88. The number of benzene rings is 1. The Morgan fingerprint density at radius 3 is 2.11 bits per heavy atom. The molecule has 0 atom stereocenters. The van der Waals surface area contributed by atoms with E-state index in [1.165, 1.54) is 12.1 Å². The van der Waals surface area contributed by atoms with Gasteiger partial charge in [0.25, 0.3) is 0 Å². The molecular weight excluding hydrogens is 227 g/mol. The van der Waals surface area contributed by atoms with Gasteiger partial charge in [-0.1, -0.05) is 38.0 Å². The standard InChI is InChI=1S/C7H7FO.C7H8.C2H6/c1-9-7-4-2-6(8)3-5-7;1-3-5-7-6-4-2;1-2/h2-5H,1H3;1,4-7H,2H3;1-2H3/b;6-4-,7-5-;. The molecule has 0 N–H and O–H groups in total. The highest BCUT2D eigenvalue weighted by atomic mass is 19.1. The van der Waals surface area contributed by atoms with Crippen LogP contribution in [-0.4, -0.2) is 7.11 Å². The van der Waals surface area contributed by atoms with Gasteiger partial charge in [0, 0.05) is 0 Å². The van der Waals surface area contributed by atoms with E-state index in [9.17, 15) is 4.39 Å². The molecule has 1 rings (SSSR count). The summed E-state index contributed by atoms with van der Waals surface area (Å²) in [5.74, 6) is 2.81. The van der Waals surface area contributed by atoms with E-state index in [-0.39, 0.29) is 5.82 Å². The third-order valence-corrected chi connectivity index (χ3v) is 1.55. The van der Waals surface area contributed by atoms with Gasteiger partial charge in [-0.25, -0.2) is 4.39 Å². The van der Waals surface area contributed by atoms with Crippen molar-refractivity contribution in [2.75, 3.05) is 7.11 Å². The zero-order valence-corrected chi connectivity index (χ0v) is 11.5. The fraction of sp³-hybridized carbons (Fsp3) is 0.250. The normalized spacial score (nSPS) is 8.89. The van der Waals surface area contributed by atoms with Gasteiger partial charge >= 0.3 is 0 Å². The minimum absolute atomic E-state index is 0.240. The van der Waals surface area contributed by atoms with Gasteiger partial charge in [-0.15, -0.1) is 6.42 Å². The van der Waals surface area contributed by atoms with Crippen LogP contribution in [0.15, 0.2) is 48.6 Å². The Hall–Kier alpha value is -2.01. The molecule has 0 aliphatic rings. The Bertz CT molecular complexity index is 369. The number of methoxy groups -OCH3 is 1. The van der Waals surface area contributed by atoms with Gasteiger partial charge in [0.15, 0.2) is 0 Å². The average molecular weight is 248 g/mol. The van der Waals surface area contributed by atoms with E-state index in [0.29, 0.717) is 5.75 Å². The van der Waals surface area contributed by atoms with Crippen molar-refractivity contribution in [3.05, 3.63) is 54.4 Å². The summed E-state index contributed by atoms with van der Waals surface area (Å²) in [4.78, 5) is 0. The van der Waals surface area contributed by atoms with Crippen LogP contribution in [0.1, 0.15) is 20.8 Å². The molecule has 1 aromatic rings. The van der Waals surface area contributed by atoms with Crippen LogP contribution in [-0.2, 0) is 0 Å². The Balaban J connectivity index is 0. The monoisotopic (exact) mass is 248 g/mol. The van der Waals surface area contributed by atoms with Crippen molar-refractivity contribution in [3.8, 4) is 18.1 Å². The molecule has 0 heterocycles. The van der Waals surface area contributed by atoms with Crippen LogP contribution >= 0.6 is 0 Å². The van der Waals surface area contributed by atoms with E-state index < -0.39 is 0 Å². The molecule has 1 nitrogen and oxygen atoms in total. The van der Waals surface area contributed by atoms with Crippen LogP contribution in [0.5, 0.6) is 5.75 Å². The van der Waals surface area contributed by atoms with Crippen LogP contribution in [0.2, 0.25) is 0 Å². The summed E-state index contributed by atoms with van der Waals surface area (Å²) in [5.41, 5.74) is 0. The first-order chi connectivity index (χ1) is 8.74. The molecular formula is C16H21FO. The number of hydrogen-bond acceptors (Lipinski definition) is 1. The molecule has 0 aliphatic heterocycles. The van der Waals surface area contributed by atoms with Crippen molar-refractivity contribution in [1.29, 1.82) is 0 Å². The van der Waals surface area contributed by atoms with Gasteiger partial charge in [-0.05, 0) is 37.3 Å². The van der Waals surface area contributed by atoms with Gasteiger partial charge in [-0.3, -0.25) is 0 Å². The van der Waals surface area contributed by atoms with Crippen molar-refractivity contribution < 1.29 is 9.13 Å². The van der Waals surface area contributed by atoms with E-state index >= 15 is 0 Å². The number of ether oxygens (including phenoxy) is 1. The Morgan fingerprint density at radius 1 is 1.17 bits per heavy atom. The van der Waals surface area contributed by atoms with Crippen LogP contribution in [0.4, 0.5) is 4.39 Å². The third-order valence-electron chi connectivity index (χ3n) is 1.55. The Morgan fingerprint density at radius 2 is 1.72 bits per heavy atom. The summed E-state index contributed by atoms with van der Waals surface area (Å²) in [6.45, 7) is 5.95. The first kappa shape index (κ1) is 18.4. The fourth-order valence-electron chi connectivity index (χ4n) is 0.793. The molecule has 0 aromatic heterocycles. The lowest BCUT2D eigenvalue weighted by molar-refractivity contribution is 0.413. The zero-order valence-electron chi connectivity index (χ0n) is 11.5. The van der Waals surface area contributed by atoms with Crippen molar-refractivity contribution in [2.24, 2.45) is 0 Å². The van der Waals surface area contributed by atoms with Crippen molar-refractivity contribution in [1.82, 2.24) is 0 Å². The van der Waals surface area contributed by atoms with Crippen LogP contribution in [0.3, 0.4) is 0 Å². The molecule has 0 bridgehead atoms. The smallest absolute Gasteiger partial charge is 0.123 e. The first-order valence-corrected chi connectivity index (χ1v) is 5.78. The van der Waals surface area contributed by atoms with Gasteiger partial charge in [0.05, 0.1) is 7.11 Å². The second kappa shape index (κ2) is 15.0. The third kappa shape index (κ3) is 12.1. The summed E-state index contributed by atoms with van der Waals surface area (Å²) < 4.78 is 17.0. The molecule has 2 heteroatoms. The highest BCUT2D eigenvalue weighted by Gasteiger charge is 1.88. The second-order valence-electron chi connectivity index (χ2n) is 2.71. The molecule has 0 amide bonds. The lowest BCUT2D eigenvalue weighted by atomic mass is 10.3. The average Bonchev–Trinajstić information content (AvgIpc) is 2.43. The van der Waals surface area contributed by atoms with E-state index in [2.05, 4.69) is 5.92 Å². The minimum atomic E-state index is -0.240. The maximum atomic E-state index is 12.2. The van der Waals surface area contributed by atoms with Gasteiger partial charge < -0.3 is 4.74 Å². The van der Waals surface area contributed by atoms with Crippen LogP contribution in [0, 0.1) is 18.2 Å². The topological polar surface area (TPSA) is 9.23 Å². The van der Waals surface area contributed by atoms with E-state index in [1.807, 2.05) is 39.0 Å². The van der Waals surface area contributed by atoms with E-state index in [0.717, 1.165) is 0 Å². The van der Waals surface area contributed by atoms with E-state index in [4.69, 9.17) is 11.2 Å². The van der Waals surface area contributed by atoms with Gasteiger partial charge in [-0.2, -0.15) is 0 Å². The van der Waals surface area contributed by atoms with Crippen LogP contribution in [0.25, 0.3) is 0 Å². The van der Waals surface area contributed by atoms with Crippen molar-refractivity contribution >= 4 is 0 Å². The molecule has 0 unspecified atom stereocenters. The largest absolute Gasteiger partial charge is 0.497 e. The highest BCUT2D eigenvalue weighted by Crippen LogP contribution is 2.08. The summed E-state index contributed by atoms with van der Waals surface area (Å²) in [5, 5.41) is 0. The van der Waals surface area contributed by atoms with Gasteiger partial charge in [0.2, 0.25) is 0 Å². The molecule has 0 fully saturated rings. The summed E-state index contributed by atoms with van der Waals surface area (Å²) in [6.07, 6.45) is 12.2. The first-order valence-electron chi connectivity index (χ1n) is 5.78.